The van der Waals surface area contributed by atoms with E-state index < -0.39 is 51.3 Å². The highest BCUT2D eigenvalue weighted by Crippen LogP contribution is 2.45. The van der Waals surface area contributed by atoms with Gasteiger partial charge in [-0.2, -0.15) is 0 Å². The van der Waals surface area contributed by atoms with Crippen LogP contribution in [0.2, 0.25) is 0 Å². The van der Waals surface area contributed by atoms with Crippen LogP contribution in [0, 0.1) is 46.6 Å². The van der Waals surface area contributed by atoms with Crippen LogP contribution in [0.1, 0.15) is 106 Å². The zero-order valence-electron chi connectivity index (χ0n) is 48.5. The van der Waals surface area contributed by atoms with Crippen molar-refractivity contribution in [2.24, 2.45) is 5.41 Å². The van der Waals surface area contributed by atoms with Crippen molar-refractivity contribution in [2.45, 2.75) is 86.6 Å². The van der Waals surface area contributed by atoms with Crippen LogP contribution >= 0.6 is 0 Å². The van der Waals surface area contributed by atoms with Crippen LogP contribution in [0.3, 0.4) is 0 Å². The van der Waals surface area contributed by atoms with Gasteiger partial charge in [0.05, 0.1) is 11.4 Å². The van der Waals surface area contributed by atoms with Crippen LogP contribution in [-0.4, -0.2) is 9.97 Å². The third-order valence-corrected chi connectivity index (χ3v) is 11.5. The fraction of sp³-hybridized carbons (Fsp3) is 0.259. The van der Waals surface area contributed by atoms with Crippen molar-refractivity contribution in [2.75, 3.05) is 0 Å². The fourth-order valence-electron chi connectivity index (χ4n) is 8.01. The summed E-state index contributed by atoms with van der Waals surface area (Å²) < 4.78 is 149. The average molecular weight is 777 g/mol. The highest BCUT2D eigenvalue weighted by molar-refractivity contribution is 6.10. The van der Waals surface area contributed by atoms with Gasteiger partial charge >= 0.3 is 0 Å². The molecule has 0 N–H and O–H groups in total. The Labute approximate surface area is 365 Å². The summed E-state index contributed by atoms with van der Waals surface area (Å²) in [5, 5.41) is 0.935. The molecule has 1 fully saturated rings. The molecule has 3 aromatic heterocycles. The first-order valence-electron chi connectivity index (χ1n) is 27.4. The lowest BCUT2D eigenvalue weighted by Crippen LogP contribution is -2.20. The summed E-state index contributed by atoms with van der Waals surface area (Å²) in [6.07, 6.45) is 5.43. The molecule has 0 unspecified atom stereocenters. The number of ether oxygens (including phenoxy) is 1. The van der Waals surface area contributed by atoms with Gasteiger partial charge < -0.3 is 9.15 Å². The molecule has 0 saturated heterocycles. The molecule has 9 rings (SSSR count). The average Bonchev–Trinajstić information content (AvgIpc) is 3.69. The van der Waals surface area contributed by atoms with E-state index in [0.717, 1.165) is 19.0 Å². The van der Waals surface area contributed by atoms with Gasteiger partial charge in [-0.05, 0) is 182 Å². The maximum Gasteiger partial charge on any atom is 0.145 e. The molecular formula is C54H52N2O2. The highest BCUT2D eigenvalue weighted by atomic mass is 16.5. The largest absolute Gasteiger partial charge is 0.457 e. The van der Waals surface area contributed by atoms with E-state index in [0.29, 0.717) is 62.7 Å². The molecule has 0 bridgehead atoms. The predicted molar refractivity (Wildman–Crippen MR) is 241 cm³/mol. The monoisotopic (exact) mass is 777 g/mol. The SMILES string of the molecule is [2H]C([2H])([2H])c1ccc2c(c1)oc1c(-c3cc(-c4ccc(C5([2H])CCC(C)(C)CC5)cc4C([2H])([2H])[2H])c(C)cn3)cc(Oc3cc(-c4cc(C([2H])([2H])[2H])c(C([2H])([2H])[2H])cn4)cc(-c4ccccc4)c3C([2H])([2H])[2H])cc12. The minimum atomic E-state index is -2.86. The van der Waals surface area contributed by atoms with Crippen LogP contribution in [0.5, 0.6) is 11.5 Å². The standard InChI is InChI=1S/C54H52N2O2/c1-32-14-16-44-47-27-42(57-51-26-41(49-24-33(2)35(4)30-55-49)25-46(37(51)6)39-12-10-9-11-13-39)28-48(53(47)58-52(44)22-32)50-29-45(36(5)31-56-50)43-17-15-40(23-34(43)3)38-18-20-54(7,8)21-19-38/h9-17,22-31,38H,18-21H2,1-8H3/i1D3,2D3,3D3,4D3,6D3,38D. The van der Waals surface area contributed by atoms with Gasteiger partial charge in [0, 0.05) is 56.2 Å². The summed E-state index contributed by atoms with van der Waals surface area (Å²) in [7, 11) is 0. The molecule has 1 aliphatic rings. The van der Waals surface area contributed by atoms with Crippen LogP contribution < -0.4 is 4.74 Å². The van der Waals surface area contributed by atoms with E-state index in [1.807, 2.05) is 13.0 Å². The Bertz CT molecular complexity index is 3460. The second-order valence-electron chi connectivity index (χ2n) is 16.1. The number of pyridine rings is 2. The third kappa shape index (κ3) is 7.10. The van der Waals surface area contributed by atoms with E-state index >= 15 is 0 Å². The molecule has 4 nitrogen and oxygen atoms in total. The third-order valence-electron chi connectivity index (χ3n) is 11.5. The molecule has 0 amide bonds. The van der Waals surface area contributed by atoms with Gasteiger partial charge in [-0.1, -0.05) is 74.5 Å². The summed E-state index contributed by atoms with van der Waals surface area (Å²) >= 11 is 0. The molecule has 3 heterocycles. The number of hydrogen-bond donors (Lipinski definition) is 0. The number of aromatic nitrogens is 2. The minimum Gasteiger partial charge on any atom is -0.457 e. The molecule has 0 aliphatic heterocycles. The summed E-state index contributed by atoms with van der Waals surface area (Å²) in [5.74, 6) is -1.05. The lowest BCUT2D eigenvalue weighted by Gasteiger charge is -2.34. The molecule has 0 radical (unpaired) electrons. The zero-order valence-corrected chi connectivity index (χ0v) is 32.5. The molecule has 5 aromatic carbocycles. The molecule has 0 spiro atoms. The first kappa shape index (κ1) is 23.4. The number of nitrogens with zero attached hydrogens (tertiary/aromatic N) is 2. The Balaban J connectivity index is 1.27. The van der Waals surface area contributed by atoms with E-state index in [-0.39, 0.29) is 61.6 Å². The van der Waals surface area contributed by atoms with Gasteiger partial charge in [-0.3, -0.25) is 9.97 Å². The van der Waals surface area contributed by atoms with Gasteiger partial charge in [-0.15, -0.1) is 0 Å². The smallest absolute Gasteiger partial charge is 0.145 e. The Morgan fingerprint density at radius 1 is 0.655 bits per heavy atom. The second-order valence-corrected chi connectivity index (χ2v) is 16.1. The van der Waals surface area contributed by atoms with Gasteiger partial charge in [0.25, 0.3) is 0 Å². The number of fused-ring (bicyclic) bond motifs is 3. The summed E-state index contributed by atoms with van der Waals surface area (Å²) in [5.41, 5.74) is 3.37. The van der Waals surface area contributed by atoms with Crippen molar-refractivity contribution in [3.63, 3.8) is 0 Å². The van der Waals surface area contributed by atoms with Crippen molar-refractivity contribution in [3.8, 4) is 56.3 Å². The van der Waals surface area contributed by atoms with Gasteiger partial charge in [-0.25, -0.2) is 0 Å². The van der Waals surface area contributed by atoms with Gasteiger partial charge in [0.2, 0.25) is 0 Å². The molecular weight excluding hydrogens is 709 g/mol. The second kappa shape index (κ2) is 14.7. The first-order chi connectivity index (χ1) is 34.3. The van der Waals surface area contributed by atoms with E-state index in [9.17, 15) is 1.37 Å². The number of furan rings is 1. The first-order valence-corrected chi connectivity index (χ1v) is 19.4. The molecule has 1 aliphatic carbocycles. The maximum atomic E-state index is 9.47. The van der Waals surface area contributed by atoms with Crippen LogP contribution in [0.4, 0.5) is 0 Å². The van der Waals surface area contributed by atoms with Crippen molar-refractivity contribution in [3.05, 3.63) is 154 Å². The molecule has 290 valence electrons. The number of aryl methyl sites for hydroxylation is 5. The summed E-state index contributed by atoms with van der Waals surface area (Å²) in [4.78, 5) is 9.22. The fourth-order valence-corrected chi connectivity index (χ4v) is 8.01. The molecule has 4 heteroatoms. The number of rotatable bonds is 7. The van der Waals surface area contributed by atoms with Crippen molar-refractivity contribution >= 4 is 21.9 Å². The molecule has 8 aromatic rings. The normalized spacial score (nSPS) is 20.1. The van der Waals surface area contributed by atoms with Crippen LogP contribution in [-0.2, 0) is 0 Å². The maximum absolute atomic E-state index is 9.47. The Morgan fingerprint density at radius 3 is 2.26 bits per heavy atom. The van der Waals surface area contributed by atoms with E-state index in [2.05, 4.69) is 18.8 Å². The van der Waals surface area contributed by atoms with E-state index in [4.69, 9.17) is 34.7 Å². The Hall–Kier alpha value is -6.00. The lowest BCUT2D eigenvalue weighted by atomic mass is 9.71. The lowest BCUT2D eigenvalue weighted by molar-refractivity contribution is 0.224. The summed E-state index contributed by atoms with van der Waals surface area (Å²) in [6.45, 7) is -7.35. The molecule has 1 saturated carbocycles. The van der Waals surface area contributed by atoms with Crippen molar-refractivity contribution < 1.29 is 31.1 Å². The highest BCUT2D eigenvalue weighted by Gasteiger charge is 2.28. The Morgan fingerprint density at radius 2 is 1.47 bits per heavy atom. The number of hydrogen-bond acceptors (Lipinski definition) is 4. The Kier molecular flexibility index (Phi) is 5.95. The van der Waals surface area contributed by atoms with Gasteiger partial charge in [0.15, 0.2) is 0 Å². The predicted octanol–water partition coefficient (Wildman–Crippen LogP) is 15.4. The van der Waals surface area contributed by atoms with E-state index in [1.165, 1.54) is 24.3 Å². The van der Waals surface area contributed by atoms with Crippen LogP contribution in [0.25, 0.3) is 66.7 Å². The number of benzene rings is 5. The topological polar surface area (TPSA) is 48.2 Å². The quantitative estimate of drug-likeness (QED) is 0.162. The van der Waals surface area contributed by atoms with Crippen molar-refractivity contribution in [1.82, 2.24) is 9.97 Å². The van der Waals surface area contributed by atoms with Gasteiger partial charge in [0.1, 0.15) is 22.7 Å². The minimum absolute atomic E-state index is 0.0274. The van der Waals surface area contributed by atoms with Crippen LogP contribution in [0.15, 0.2) is 120 Å². The van der Waals surface area contributed by atoms with Crippen molar-refractivity contribution in [1.29, 1.82) is 0 Å². The molecule has 0 atom stereocenters. The summed E-state index contributed by atoms with van der Waals surface area (Å²) in [6, 6.07) is 27.4. The zero-order chi connectivity index (χ0) is 53.7. The molecule has 58 heavy (non-hydrogen) atoms. The van der Waals surface area contributed by atoms with E-state index in [1.54, 1.807) is 79.0 Å².